The maximum atomic E-state index is 10.0. The van der Waals surface area contributed by atoms with Crippen molar-refractivity contribution in [1.29, 1.82) is 0 Å². The zero-order chi connectivity index (χ0) is 9.97. The van der Waals surface area contributed by atoms with Crippen LogP contribution in [-0.4, -0.2) is 17.2 Å². The van der Waals surface area contributed by atoms with Gasteiger partial charge in [0.1, 0.15) is 17.5 Å². The molecule has 0 radical (unpaired) electrons. The zero-order valence-corrected chi connectivity index (χ0v) is 8.31. The van der Waals surface area contributed by atoms with Crippen LogP contribution in [0.1, 0.15) is 31.1 Å². The molecule has 1 aliphatic carbocycles. The average Bonchev–Trinajstić information content (AvgIpc) is 2.15. The lowest BCUT2D eigenvalue weighted by Gasteiger charge is -2.30. The molecule has 0 aliphatic heterocycles. The predicted octanol–water partition coefficient (Wildman–Crippen LogP) is 1.92. The molecule has 3 heteroatoms. The molecule has 1 aliphatic rings. The van der Waals surface area contributed by atoms with Crippen LogP contribution in [0.15, 0.2) is 18.3 Å². The van der Waals surface area contributed by atoms with Crippen molar-refractivity contribution in [3.63, 3.8) is 0 Å². The molecule has 0 aromatic carbocycles. The van der Waals surface area contributed by atoms with E-state index in [1.165, 1.54) is 6.42 Å². The van der Waals surface area contributed by atoms with Gasteiger partial charge in [-0.25, -0.2) is 0 Å². The fourth-order valence-corrected chi connectivity index (χ4v) is 1.78. The van der Waals surface area contributed by atoms with Gasteiger partial charge < -0.3 is 9.84 Å². The number of ether oxygens (including phenoxy) is 1. The highest BCUT2D eigenvalue weighted by Gasteiger charge is 2.29. The monoisotopic (exact) mass is 193 g/mol. The second kappa shape index (κ2) is 3.96. The Kier molecular flexibility index (Phi) is 2.68. The summed E-state index contributed by atoms with van der Waals surface area (Å²) in [6.45, 7) is 0. The third kappa shape index (κ3) is 1.60. The van der Waals surface area contributed by atoms with E-state index in [1.807, 2.05) is 12.1 Å². The van der Waals surface area contributed by atoms with Gasteiger partial charge in [0.15, 0.2) is 0 Å². The molecule has 1 fully saturated rings. The van der Waals surface area contributed by atoms with Crippen molar-refractivity contribution in [3.05, 3.63) is 24.0 Å². The van der Waals surface area contributed by atoms with Gasteiger partial charge in [-0.2, -0.15) is 0 Å². The van der Waals surface area contributed by atoms with Crippen molar-refractivity contribution in [2.75, 3.05) is 7.11 Å². The third-order valence-corrected chi connectivity index (χ3v) is 2.90. The highest BCUT2D eigenvalue weighted by molar-refractivity contribution is 5.29. The maximum absolute atomic E-state index is 10.0. The van der Waals surface area contributed by atoms with Crippen LogP contribution < -0.4 is 4.74 Å². The van der Waals surface area contributed by atoms with E-state index in [-0.39, 0.29) is 0 Å². The van der Waals surface area contributed by atoms with E-state index < -0.39 is 6.10 Å². The number of rotatable bonds is 3. The van der Waals surface area contributed by atoms with E-state index in [0.717, 1.165) is 12.8 Å². The summed E-state index contributed by atoms with van der Waals surface area (Å²) in [6.07, 6.45) is 4.65. The van der Waals surface area contributed by atoms with Crippen LogP contribution in [0.2, 0.25) is 0 Å². The lowest BCUT2D eigenvalue weighted by molar-refractivity contribution is 0.0565. The fourth-order valence-electron chi connectivity index (χ4n) is 1.78. The van der Waals surface area contributed by atoms with E-state index in [9.17, 15) is 5.11 Å². The summed E-state index contributed by atoms with van der Waals surface area (Å²) < 4.78 is 5.16. The van der Waals surface area contributed by atoms with Gasteiger partial charge in [-0.3, -0.25) is 4.98 Å². The quantitative estimate of drug-likeness (QED) is 0.797. The van der Waals surface area contributed by atoms with Gasteiger partial charge in [0.2, 0.25) is 0 Å². The first-order valence-corrected chi connectivity index (χ1v) is 5.00. The van der Waals surface area contributed by atoms with Crippen molar-refractivity contribution < 1.29 is 9.84 Å². The van der Waals surface area contributed by atoms with Crippen LogP contribution in [0.5, 0.6) is 5.75 Å². The van der Waals surface area contributed by atoms with Crippen LogP contribution in [0.3, 0.4) is 0 Å². The van der Waals surface area contributed by atoms with Gasteiger partial charge in [0.05, 0.1) is 7.11 Å². The van der Waals surface area contributed by atoms with Crippen molar-refractivity contribution in [2.45, 2.75) is 25.4 Å². The Morgan fingerprint density at radius 1 is 1.57 bits per heavy atom. The molecule has 1 atom stereocenters. The summed E-state index contributed by atoms with van der Waals surface area (Å²) in [5.74, 6) is 1.06. The van der Waals surface area contributed by atoms with Crippen LogP contribution in [0.25, 0.3) is 0 Å². The Hall–Kier alpha value is -1.09. The van der Waals surface area contributed by atoms with Crippen LogP contribution >= 0.6 is 0 Å². The molecule has 3 nitrogen and oxygen atoms in total. The molecule has 0 saturated heterocycles. The third-order valence-electron chi connectivity index (χ3n) is 2.90. The molecule has 1 saturated carbocycles. The largest absolute Gasteiger partial charge is 0.495 e. The standard InChI is InChI=1S/C11H15NO2/c1-14-9-6-3-7-12-10(9)11(13)8-4-2-5-8/h3,6-8,11,13H,2,4-5H2,1H3. The molecule has 1 aromatic heterocycles. The van der Waals surface area contributed by atoms with Crippen molar-refractivity contribution >= 4 is 0 Å². The molecule has 1 aromatic rings. The number of methoxy groups -OCH3 is 1. The maximum Gasteiger partial charge on any atom is 0.143 e. The summed E-state index contributed by atoms with van der Waals surface area (Å²) in [4.78, 5) is 4.18. The first-order valence-electron chi connectivity index (χ1n) is 5.00. The van der Waals surface area contributed by atoms with E-state index >= 15 is 0 Å². The molecule has 0 spiro atoms. The van der Waals surface area contributed by atoms with Crippen molar-refractivity contribution in [1.82, 2.24) is 4.98 Å². The zero-order valence-electron chi connectivity index (χ0n) is 8.31. The first-order chi connectivity index (χ1) is 6.83. The summed E-state index contributed by atoms with van der Waals surface area (Å²) in [6, 6.07) is 3.65. The minimum atomic E-state index is -0.458. The molecule has 2 rings (SSSR count). The summed E-state index contributed by atoms with van der Waals surface area (Å²) in [5.41, 5.74) is 0.680. The number of nitrogens with zero attached hydrogens (tertiary/aromatic N) is 1. The average molecular weight is 193 g/mol. The van der Waals surface area contributed by atoms with E-state index in [1.54, 1.807) is 13.3 Å². The summed E-state index contributed by atoms with van der Waals surface area (Å²) in [5, 5.41) is 10.0. The Labute approximate surface area is 83.7 Å². The second-order valence-electron chi connectivity index (χ2n) is 3.73. The second-order valence-corrected chi connectivity index (χ2v) is 3.73. The molecule has 1 heterocycles. The lowest BCUT2D eigenvalue weighted by Crippen LogP contribution is -2.21. The number of pyridine rings is 1. The molecular weight excluding hydrogens is 178 g/mol. The van der Waals surface area contributed by atoms with Crippen molar-refractivity contribution in [2.24, 2.45) is 5.92 Å². The van der Waals surface area contributed by atoms with Gasteiger partial charge >= 0.3 is 0 Å². The van der Waals surface area contributed by atoms with Crippen LogP contribution in [-0.2, 0) is 0 Å². The number of aliphatic hydroxyl groups is 1. The topological polar surface area (TPSA) is 42.4 Å². The highest BCUT2D eigenvalue weighted by atomic mass is 16.5. The van der Waals surface area contributed by atoms with Crippen LogP contribution in [0.4, 0.5) is 0 Å². The molecule has 1 N–H and O–H groups in total. The van der Waals surface area contributed by atoms with Crippen molar-refractivity contribution in [3.8, 4) is 5.75 Å². The number of aromatic nitrogens is 1. The first kappa shape index (κ1) is 9.46. The van der Waals surface area contributed by atoms with E-state index in [0.29, 0.717) is 17.4 Å². The SMILES string of the molecule is COc1cccnc1C(O)C1CCC1. The fraction of sp³-hybridized carbons (Fsp3) is 0.545. The van der Waals surface area contributed by atoms with Gasteiger partial charge in [-0.05, 0) is 30.9 Å². The van der Waals surface area contributed by atoms with E-state index in [4.69, 9.17) is 4.74 Å². The highest BCUT2D eigenvalue weighted by Crippen LogP contribution is 2.39. The Morgan fingerprint density at radius 3 is 2.93 bits per heavy atom. The number of hydrogen-bond acceptors (Lipinski definition) is 3. The molecule has 0 amide bonds. The Balaban J connectivity index is 2.20. The Morgan fingerprint density at radius 2 is 2.36 bits per heavy atom. The summed E-state index contributed by atoms with van der Waals surface area (Å²) >= 11 is 0. The lowest BCUT2D eigenvalue weighted by atomic mass is 9.80. The Bertz CT molecular complexity index is 310. The number of hydrogen-bond donors (Lipinski definition) is 1. The smallest absolute Gasteiger partial charge is 0.143 e. The van der Waals surface area contributed by atoms with Gasteiger partial charge in [-0.15, -0.1) is 0 Å². The van der Waals surface area contributed by atoms with E-state index in [2.05, 4.69) is 4.98 Å². The van der Waals surface area contributed by atoms with Gasteiger partial charge in [0.25, 0.3) is 0 Å². The molecular formula is C11H15NO2. The molecule has 14 heavy (non-hydrogen) atoms. The summed E-state index contributed by atoms with van der Waals surface area (Å²) in [7, 11) is 1.61. The molecule has 76 valence electrons. The minimum Gasteiger partial charge on any atom is -0.495 e. The van der Waals surface area contributed by atoms with Gasteiger partial charge in [0, 0.05) is 6.20 Å². The molecule has 1 unspecified atom stereocenters. The van der Waals surface area contributed by atoms with Gasteiger partial charge in [-0.1, -0.05) is 6.42 Å². The number of aliphatic hydroxyl groups excluding tert-OH is 1. The van der Waals surface area contributed by atoms with Crippen LogP contribution in [0, 0.1) is 5.92 Å². The minimum absolute atomic E-state index is 0.374. The normalized spacial score (nSPS) is 18.7. The molecule has 0 bridgehead atoms. The predicted molar refractivity (Wildman–Crippen MR) is 53.1 cm³/mol.